The lowest BCUT2D eigenvalue weighted by molar-refractivity contribution is -0.146. The normalized spacial score (nSPS) is 20.7. The molecule has 0 bridgehead atoms. The minimum absolute atomic E-state index is 0.0820. The van der Waals surface area contributed by atoms with Crippen LogP contribution in [0.15, 0.2) is 36.4 Å². The lowest BCUT2D eigenvalue weighted by Crippen LogP contribution is -2.50. The lowest BCUT2D eigenvalue weighted by atomic mass is 9.80. The Morgan fingerprint density at radius 1 is 1.05 bits per heavy atom. The van der Waals surface area contributed by atoms with Gasteiger partial charge in [-0.2, -0.15) is 26.3 Å². The van der Waals surface area contributed by atoms with Crippen molar-refractivity contribution in [3.63, 3.8) is 0 Å². The fourth-order valence-corrected chi connectivity index (χ4v) is 6.29. The molecule has 2 aliphatic heterocycles. The van der Waals surface area contributed by atoms with Gasteiger partial charge in [0.05, 0.1) is 36.1 Å². The number of halogens is 6. The Bertz CT molecular complexity index is 1330. The van der Waals surface area contributed by atoms with E-state index in [1.54, 1.807) is 11.0 Å². The Morgan fingerprint density at radius 3 is 2.32 bits per heavy atom. The van der Waals surface area contributed by atoms with Gasteiger partial charge in [-0.25, -0.2) is 0 Å². The molecule has 2 aromatic rings. The fraction of sp³-hybridized carbons (Fsp3) is 0.533. The summed E-state index contributed by atoms with van der Waals surface area (Å²) in [7, 11) is 1.35. The maximum absolute atomic E-state index is 13.6. The van der Waals surface area contributed by atoms with E-state index in [2.05, 4.69) is 0 Å². The molecule has 11 heteroatoms. The zero-order valence-corrected chi connectivity index (χ0v) is 22.7. The number of methoxy groups -OCH3 is 1. The van der Waals surface area contributed by atoms with Gasteiger partial charge in [0.15, 0.2) is 5.78 Å². The number of carbonyl (C=O) groups is 2. The van der Waals surface area contributed by atoms with E-state index in [0.717, 1.165) is 18.4 Å². The SMILES string of the molecule is COC(=O)[C@@H](C)[C@H](c1ccc2c(c1)OC1(CCN(Cc3cc(C(F)(F)F)ccc3C(F)(F)F)CC1)CC2=O)C1CC1. The molecular formula is C30H31F6NO4. The van der Waals surface area contributed by atoms with Crippen molar-refractivity contribution in [1.29, 1.82) is 0 Å². The average molecular weight is 584 g/mol. The van der Waals surface area contributed by atoms with Crippen LogP contribution in [0.25, 0.3) is 0 Å². The minimum Gasteiger partial charge on any atom is -0.486 e. The molecule has 0 N–H and O–H groups in total. The summed E-state index contributed by atoms with van der Waals surface area (Å²) in [5, 5.41) is 0. The molecule has 1 spiro atoms. The zero-order chi connectivity index (χ0) is 29.7. The zero-order valence-electron chi connectivity index (χ0n) is 22.7. The molecule has 0 radical (unpaired) electrons. The number of nitrogens with zero attached hydrogens (tertiary/aromatic N) is 1. The number of likely N-dealkylation sites (tertiary alicyclic amines) is 1. The quantitative estimate of drug-likeness (QED) is 0.270. The number of ketones is 1. The van der Waals surface area contributed by atoms with E-state index in [9.17, 15) is 35.9 Å². The predicted octanol–water partition coefficient (Wildman–Crippen LogP) is 7.03. The molecule has 3 aliphatic rings. The summed E-state index contributed by atoms with van der Waals surface area (Å²) in [4.78, 5) is 27.1. The smallest absolute Gasteiger partial charge is 0.416 e. The van der Waals surface area contributed by atoms with Gasteiger partial charge in [-0.1, -0.05) is 13.0 Å². The second-order valence-corrected chi connectivity index (χ2v) is 11.5. The fourth-order valence-electron chi connectivity index (χ4n) is 6.29. The van der Waals surface area contributed by atoms with Gasteiger partial charge in [0.25, 0.3) is 0 Å². The maximum atomic E-state index is 13.6. The summed E-state index contributed by atoms with van der Waals surface area (Å²) >= 11 is 0. The standard InChI is InChI=1S/C30H31F6NO4/c1-17(27(39)40-2)26(18-3-4-18)19-5-7-22-24(38)15-28(41-25(22)14-19)9-11-37(12-10-28)16-20-13-21(29(31,32)33)6-8-23(20)30(34,35)36/h5-8,13-14,17-18,26H,3-4,9-12,15-16H2,1-2H3/t17-,26-/m0/s1. The van der Waals surface area contributed by atoms with E-state index in [4.69, 9.17) is 9.47 Å². The lowest BCUT2D eigenvalue weighted by Gasteiger charge is -2.44. The third-order valence-corrected chi connectivity index (χ3v) is 8.64. The van der Waals surface area contributed by atoms with Crippen LogP contribution < -0.4 is 4.74 Å². The number of fused-ring (bicyclic) bond motifs is 1. The molecule has 2 heterocycles. The van der Waals surface area contributed by atoms with E-state index in [1.807, 2.05) is 19.1 Å². The first-order valence-corrected chi connectivity index (χ1v) is 13.6. The van der Waals surface area contributed by atoms with E-state index in [-0.39, 0.29) is 49.6 Å². The highest BCUT2D eigenvalue weighted by Crippen LogP contribution is 2.49. The van der Waals surface area contributed by atoms with Crippen LogP contribution in [0.1, 0.15) is 77.6 Å². The first-order valence-electron chi connectivity index (χ1n) is 13.6. The Balaban J connectivity index is 1.33. The molecule has 0 aromatic heterocycles. The second-order valence-electron chi connectivity index (χ2n) is 11.5. The third kappa shape index (κ3) is 6.10. The molecule has 0 unspecified atom stereocenters. The van der Waals surface area contributed by atoms with Crippen LogP contribution in [0.4, 0.5) is 26.3 Å². The maximum Gasteiger partial charge on any atom is 0.416 e. The summed E-state index contributed by atoms with van der Waals surface area (Å²) in [6, 6.07) is 6.90. The van der Waals surface area contributed by atoms with Gasteiger partial charge in [0, 0.05) is 32.5 Å². The third-order valence-electron chi connectivity index (χ3n) is 8.64. The Kier molecular flexibility index (Phi) is 7.63. The number of hydrogen-bond donors (Lipinski definition) is 0. The van der Waals surface area contributed by atoms with Crippen LogP contribution in [0, 0.1) is 11.8 Å². The van der Waals surface area contributed by atoms with Crippen molar-refractivity contribution >= 4 is 11.8 Å². The predicted molar refractivity (Wildman–Crippen MR) is 136 cm³/mol. The number of benzene rings is 2. The second kappa shape index (κ2) is 10.6. The number of Topliss-reactive ketones (excluding diaryl/α,β-unsaturated/α-hetero) is 1. The number of hydrogen-bond acceptors (Lipinski definition) is 5. The number of rotatable bonds is 6. The highest BCUT2D eigenvalue weighted by Gasteiger charge is 2.45. The van der Waals surface area contributed by atoms with Gasteiger partial charge >= 0.3 is 18.3 Å². The highest BCUT2D eigenvalue weighted by molar-refractivity contribution is 6.00. The van der Waals surface area contributed by atoms with Crippen molar-refractivity contribution in [2.24, 2.45) is 11.8 Å². The van der Waals surface area contributed by atoms with Crippen LogP contribution in [0.5, 0.6) is 5.75 Å². The van der Waals surface area contributed by atoms with Crippen molar-refractivity contribution in [3.8, 4) is 5.75 Å². The number of esters is 1. The molecule has 1 aliphatic carbocycles. The Hall–Kier alpha value is -3.08. The van der Waals surface area contributed by atoms with Crippen molar-refractivity contribution in [3.05, 3.63) is 64.2 Å². The number of carbonyl (C=O) groups excluding carboxylic acids is 2. The van der Waals surface area contributed by atoms with Gasteiger partial charge in [-0.05, 0) is 66.1 Å². The minimum atomic E-state index is -4.79. The van der Waals surface area contributed by atoms with E-state index < -0.39 is 34.6 Å². The summed E-state index contributed by atoms with van der Waals surface area (Å²) in [5.74, 6) is -0.119. The topological polar surface area (TPSA) is 55.8 Å². The molecule has 1 saturated heterocycles. The molecular weight excluding hydrogens is 552 g/mol. The van der Waals surface area contributed by atoms with Crippen LogP contribution in [-0.4, -0.2) is 42.5 Å². The molecule has 0 amide bonds. The van der Waals surface area contributed by atoms with Crippen LogP contribution >= 0.6 is 0 Å². The molecule has 5 nitrogen and oxygen atoms in total. The van der Waals surface area contributed by atoms with Crippen LogP contribution in [-0.2, 0) is 28.4 Å². The monoisotopic (exact) mass is 583 g/mol. The van der Waals surface area contributed by atoms with Crippen molar-refractivity contribution in [2.75, 3.05) is 20.2 Å². The number of piperidine rings is 1. The molecule has 2 aromatic carbocycles. The molecule has 2 fully saturated rings. The summed E-state index contributed by atoms with van der Waals surface area (Å²) in [6.07, 6.45) is -6.81. The van der Waals surface area contributed by atoms with Gasteiger partial charge < -0.3 is 9.47 Å². The Labute approximate surface area is 233 Å². The summed E-state index contributed by atoms with van der Waals surface area (Å²) in [6.45, 7) is 2.02. The number of ether oxygens (including phenoxy) is 2. The summed E-state index contributed by atoms with van der Waals surface area (Å²) < 4.78 is 91.8. The molecule has 1 saturated carbocycles. The van der Waals surface area contributed by atoms with Crippen molar-refractivity contribution in [1.82, 2.24) is 4.90 Å². The van der Waals surface area contributed by atoms with Crippen molar-refractivity contribution in [2.45, 2.75) is 69.4 Å². The molecule has 2 atom stereocenters. The van der Waals surface area contributed by atoms with Gasteiger partial charge in [-0.3, -0.25) is 14.5 Å². The van der Waals surface area contributed by atoms with Gasteiger partial charge in [-0.15, -0.1) is 0 Å². The van der Waals surface area contributed by atoms with Crippen LogP contribution in [0.3, 0.4) is 0 Å². The van der Waals surface area contributed by atoms with E-state index in [1.165, 1.54) is 7.11 Å². The van der Waals surface area contributed by atoms with Gasteiger partial charge in [0.1, 0.15) is 11.4 Å². The summed E-state index contributed by atoms with van der Waals surface area (Å²) in [5.41, 5.74) is -2.19. The molecule has 222 valence electrons. The highest BCUT2D eigenvalue weighted by atomic mass is 19.4. The Morgan fingerprint density at radius 2 is 1.73 bits per heavy atom. The van der Waals surface area contributed by atoms with Crippen molar-refractivity contribution < 1.29 is 45.4 Å². The van der Waals surface area contributed by atoms with Crippen LogP contribution in [0.2, 0.25) is 0 Å². The number of alkyl halides is 6. The molecule has 5 rings (SSSR count). The molecule has 41 heavy (non-hydrogen) atoms. The largest absolute Gasteiger partial charge is 0.486 e. The average Bonchev–Trinajstić information content (AvgIpc) is 3.73. The van der Waals surface area contributed by atoms with E-state index in [0.29, 0.717) is 48.3 Å². The first kappa shape index (κ1) is 29.4. The van der Waals surface area contributed by atoms with Gasteiger partial charge in [0.2, 0.25) is 0 Å². The van der Waals surface area contributed by atoms with E-state index >= 15 is 0 Å². The first-order chi connectivity index (χ1) is 19.2.